The van der Waals surface area contributed by atoms with Gasteiger partial charge in [0, 0.05) is 17.9 Å². The van der Waals surface area contributed by atoms with Crippen molar-refractivity contribution in [3.05, 3.63) is 87.7 Å². The minimum absolute atomic E-state index is 0.203. The zero-order chi connectivity index (χ0) is 24.2. The van der Waals surface area contributed by atoms with Gasteiger partial charge in [-0.1, -0.05) is 36.4 Å². The zero-order valence-electron chi connectivity index (χ0n) is 19.6. The summed E-state index contributed by atoms with van der Waals surface area (Å²) in [7, 11) is 1.57. The van der Waals surface area contributed by atoms with Gasteiger partial charge in [0.25, 0.3) is 11.8 Å². The van der Waals surface area contributed by atoms with Crippen LogP contribution in [0.3, 0.4) is 0 Å². The fraction of sp³-hybridized carbons (Fsp3) is 0.231. The monoisotopic (exact) mass is 474 g/mol. The third-order valence-corrected chi connectivity index (χ3v) is 6.31. The van der Waals surface area contributed by atoms with Crippen molar-refractivity contribution in [3.63, 3.8) is 0 Å². The summed E-state index contributed by atoms with van der Waals surface area (Å²) in [6, 6.07) is 17.3. The number of thioether (sulfide) groups is 1. The largest absolute Gasteiger partial charge is 0.495 e. The van der Waals surface area contributed by atoms with Crippen molar-refractivity contribution in [1.29, 1.82) is 0 Å². The maximum Gasteiger partial charge on any atom is 0.278 e. The molecule has 174 valence electrons. The molecule has 1 N–H and O–H groups in total. The maximum atomic E-state index is 13.5. The average Bonchev–Trinajstić information content (AvgIpc) is 3.01. The lowest BCUT2D eigenvalue weighted by molar-refractivity contribution is -0.137. The van der Waals surface area contributed by atoms with Crippen molar-refractivity contribution >= 4 is 29.3 Å². The number of rotatable bonds is 8. The van der Waals surface area contributed by atoms with Crippen molar-refractivity contribution in [2.75, 3.05) is 19.0 Å². The zero-order valence-corrected chi connectivity index (χ0v) is 20.4. The molecule has 3 aromatic rings. The van der Waals surface area contributed by atoms with Crippen molar-refractivity contribution in [2.24, 2.45) is 0 Å². The summed E-state index contributed by atoms with van der Waals surface area (Å²) < 4.78 is 5.46. The minimum atomic E-state index is -0.378. The fourth-order valence-electron chi connectivity index (χ4n) is 3.73. The quantitative estimate of drug-likeness (QED) is 0.382. The van der Waals surface area contributed by atoms with E-state index in [-0.39, 0.29) is 29.0 Å². The molecule has 1 aliphatic rings. The number of carbonyl (C=O) groups excluding carboxylic acids is 2. The Labute approximate surface area is 203 Å². The molecule has 0 radical (unpaired) electrons. The van der Waals surface area contributed by atoms with E-state index in [1.165, 1.54) is 4.90 Å². The van der Waals surface area contributed by atoms with Gasteiger partial charge in [-0.2, -0.15) is 0 Å². The van der Waals surface area contributed by atoms with Crippen LogP contribution in [0.25, 0.3) is 0 Å². The minimum Gasteiger partial charge on any atom is -0.495 e. The highest BCUT2D eigenvalue weighted by Crippen LogP contribution is 2.36. The van der Waals surface area contributed by atoms with E-state index in [0.717, 1.165) is 34.3 Å². The second kappa shape index (κ2) is 10.1. The van der Waals surface area contributed by atoms with E-state index in [4.69, 9.17) is 4.74 Å². The number of hydrogen-bond donors (Lipinski definition) is 1. The summed E-state index contributed by atoms with van der Waals surface area (Å²) in [6.45, 7) is 5.97. The fourth-order valence-corrected chi connectivity index (χ4v) is 4.73. The molecule has 2 amide bonds. The highest BCUT2D eigenvalue weighted by Gasteiger charge is 2.39. The van der Waals surface area contributed by atoms with E-state index in [1.54, 1.807) is 7.11 Å². The van der Waals surface area contributed by atoms with Gasteiger partial charge in [-0.15, -0.1) is 0 Å². The highest BCUT2D eigenvalue weighted by molar-refractivity contribution is 8.04. The standard InChI is InChI=1S/C26H26N4O3S/c1-16-10-11-21(33-4)20(14-16)29-22-23(34-26-27-17(2)15-18(3)28-26)25(32)30(24(22)31)13-12-19-8-6-5-7-9-19/h5-11,14-15,29H,12-13H2,1-4H3. The molecule has 0 saturated carbocycles. The highest BCUT2D eigenvalue weighted by atomic mass is 32.2. The Morgan fingerprint density at radius 3 is 2.32 bits per heavy atom. The van der Waals surface area contributed by atoms with Crippen molar-refractivity contribution in [3.8, 4) is 5.75 Å². The first-order chi connectivity index (χ1) is 16.4. The Kier molecular flexibility index (Phi) is 6.98. The summed E-state index contributed by atoms with van der Waals surface area (Å²) in [6.07, 6.45) is 0.567. The molecule has 1 aliphatic heterocycles. The average molecular weight is 475 g/mol. The van der Waals surface area contributed by atoms with E-state index in [2.05, 4.69) is 15.3 Å². The maximum absolute atomic E-state index is 13.5. The first-order valence-corrected chi connectivity index (χ1v) is 11.7. The molecule has 0 spiro atoms. The summed E-state index contributed by atoms with van der Waals surface area (Å²) in [5.74, 6) is -0.160. The van der Waals surface area contributed by atoms with E-state index >= 15 is 0 Å². The van der Waals surface area contributed by atoms with Crippen LogP contribution in [0.4, 0.5) is 5.69 Å². The van der Waals surface area contributed by atoms with Gasteiger partial charge in [-0.05, 0) is 68.3 Å². The third kappa shape index (κ3) is 5.12. The molecular weight excluding hydrogens is 448 g/mol. The second-order valence-corrected chi connectivity index (χ2v) is 9.04. The van der Waals surface area contributed by atoms with E-state index < -0.39 is 0 Å². The lowest BCUT2D eigenvalue weighted by atomic mass is 10.1. The van der Waals surface area contributed by atoms with Crippen LogP contribution in [-0.2, 0) is 16.0 Å². The molecule has 1 aromatic heterocycles. The molecular formula is C26H26N4O3S. The first-order valence-electron chi connectivity index (χ1n) is 10.9. The molecule has 34 heavy (non-hydrogen) atoms. The predicted molar refractivity (Wildman–Crippen MR) is 133 cm³/mol. The number of anilines is 1. The van der Waals surface area contributed by atoms with Crippen LogP contribution in [0.2, 0.25) is 0 Å². The Morgan fingerprint density at radius 1 is 0.941 bits per heavy atom. The molecule has 0 aliphatic carbocycles. The van der Waals surface area contributed by atoms with Gasteiger partial charge in [0.05, 0.1) is 12.8 Å². The van der Waals surface area contributed by atoms with Gasteiger partial charge in [-0.3, -0.25) is 14.5 Å². The van der Waals surface area contributed by atoms with Gasteiger partial charge >= 0.3 is 0 Å². The van der Waals surface area contributed by atoms with Crippen LogP contribution in [0.15, 0.2) is 70.4 Å². The van der Waals surface area contributed by atoms with Crippen LogP contribution in [0, 0.1) is 20.8 Å². The number of aryl methyl sites for hydroxylation is 3. The smallest absolute Gasteiger partial charge is 0.278 e. The second-order valence-electron chi connectivity index (χ2n) is 8.07. The number of nitrogens with zero attached hydrogens (tertiary/aromatic N) is 3. The number of benzene rings is 2. The molecule has 4 rings (SSSR count). The van der Waals surface area contributed by atoms with Gasteiger partial charge in [-0.25, -0.2) is 9.97 Å². The molecule has 2 heterocycles. The first kappa shape index (κ1) is 23.5. The molecule has 2 aromatic carbocycles. The Balaban J connectivity index is 1.69. The Morgan fingerprint density at radius 2 is 1.65 bits per heavy atom. The number of imide groups is 1. The van der Waals surface area contributed by atoms with Gasteiger partial charge in [0.15, 0.2) is 5.16 Å². The molecule has 0 saturated heterocycles. The van der Waals surface area contributed by atoms with Crippen LogP contribution in [0.5, 0.6) is 5.75 Å². The third-order valence-electron chi connectivity index (χ3n) is 5.36. The molecule has 8 heteroatoms. The van der Waals surface area contributed by atoms with Gasteiger partial charge in [0.2, 0.25) is 0 Å². The summed E-state index contributed by atoms with van der Waals surface area (Å²) >= 11 is 1.10. The van der Waals surface area contributed by atoms with Gasteiger partial charge < -0.3 is 10.1 Å². The summed E-state index contributed by atoms with van der Waals surface area (Å²) in [5.41, 5.74) is 4.45. The number of aromatic nitrogens is 2. The van der Waals surface area contributed by atoms with Crippen LogP contribution < -0.4 is 10.1 Å². The van der Waals surface area contributed by atoms with E-state index in [0.29, 0.717) is 23.0 Å². The summed E-state index contributed by atoms with van der Waals surface area (Å²) in [4.78, 5) is 37.3. The number of amides is 2. The molecule has 0 atom stereocenters. The Bertz CT molecular complexity index is 1250. The lowest BCUT2D eigenvalue weighted by Crippen LogP contribution is -2.34. The topological polar surface area (TPSA) is 84.4 Å². The number of carbonyl (C=O) groups is 2. The number of nitrogens with one attached hydrogen (secondary N) is 1. The van der Waals surface area contributed by atoms with Crippen LogP contribution in [-0.4, -0.2) is 40.3 Å². The van der Waals surface area contributed by atoms with Crippen LogP contribution in [0.1, 0.15) is 22.5 Å². The molecule has 7 nitrogen and oxygen atoms in total. The Hall–Kier alpha value is -3.65. The summed E-state index contributed by atoms with van der Waals surface area (Å²) in [5, 5.41) is 3.60. The van der Waals surface area contributed by atoms with E-state index in [1.807, 2.05) is 75.4 Å². The number of methoxy groups -OCH3 is 1. The number of hydrogen-bond acceptors (Lipinski definition) is 7. The van der Waals surface area contributed by atoms with Crippen molar-refractivity contribution in [2.45, 2.75) is 32.3 Å². The van der Waals surface area contributed by atoms with Crippen molar-refractivity contribution < 1.29 is 14.3 Å². The predicted octanol–water partition coefficient (Wildman–Crippen LogP) is 4.44. The molecule has 0 fully saturated rings. The SMILES string of the molecule is COc1ccc(C)cc1NC1=C(Sc2nc(C)cc(C)n2)C(=O)N(CCc2ccccc2)C1=O. The van der Waals surface area contributed by atoms with Crippen LogP contribution >= 0.6 is 11.8 Å². The van der Waals surface area contributed by atoms with Crippen molar-refractivity contribution in [1.82, 2.24) is 14.9 Å². The molecule has 0 unspecified atom stereocenters. The number of ether oxygens (including phenoxy) is 1. The normalized spacial score (nSPS) is 13.6. The van der Waals surface area contributed by atoms with Gasteiger partial charge in [0.1, 0.15) is 16.4 Å². The molecule has 0 bridgehead atoms. The van der Waals surface area contributed by atoms with E-state index in [9.17, 15) is 9.59 Å². The lowest BCUT2D eigenvalue weighted by Gasteiger charge is -2.16.